The van der Waals surface area contributed by atoms with E-state index in [4.69, 9.17) is 10.6 Å². The molecular formula is C33H31N9O11S4. The lowest BCUT2D eigenvalue weighted by Crippen LogP contribution is -2.71. The van der Waals surface area contributed by atoms with Crippen molar-refractivity contribution in [1.29, 1.82) is 0 Å². The highest BCUT2D eigenvalue weighted by molar-refractivity contribution is 8.03. The zero-order valence-electron chi connectivity index (χ0n) is 29.3. The average molecular weight is 858 g/mol. The minimum Gasteiger partial charge on any atom is -0.504 e. The number of aliphatic carboxylic acids is 1. The van der Waals surface area contributed by atoms with Crippen LogP contribution in [0.1, 0.15) is 18.2 Å². The highest BCUT2D eigenvalue weighted by Crippen LogP contribution is 2.42. The van der Waals surface area contributed by atoms with E-state index >= 15 is 0 Å². The zero-order chi connectivity index (χ0) is 40.8. The number of amides is 2. The fraction of sp³-hybridized carbons (Fsp3) is 0.212. The van der Waals surface area contributed by atoms with E-state index in [1.807, 2.05) is 0 Å². The van der Waals surface area contributed by atoms with E-state index in [9.17, 15) is 48.3 Å². The normalized spacial score (nSPS) is 19.3. The highest BCUT2D eigenvalue weighted by atomic mass is 32.2. The minimum absolute atomic E-state index is 0.0686. The molecule has 2 amide bonds. The van der Waals surface area contributed by atoms with Crippen LogP contribution in [0.15, 0.2) is 91.2 Å². The van der Waals surface area contributed by atoms with Crippen LogP contribution in [0.5, 0.6) is 23.0 Å². The molecule has 298 valence electrons. The summed E-state index contributed by atoms with van der Waals surface area (Å²) in [5, 5.41) is 59.7. The Bertz CT molecular complexity index is 2470. The van der Waals surface area contributed by atoms with Crippen LogP contribution in [-0.4, -0.2) is 112 Å². The number of nitrogens with two attached hydrogens (primary N) is 1. The van der Waals surface area contributed by atoms with Gasteiger partial charge < -0.3 is 41.4 Å². The van der Waals surface area contributed by atoms with Gasteiger partial charge in [-0.25, -0.2) is 28.2 Å². The Morgan fingerprint density at radius 1 is 1.12 bits per heavy atom. The van der Waals surface area contributed by atoms with Gasteiger partial charge in [-0.15, -0.1) is 40.4 Å². The summed E-state index contributed by atoms with van der Waals surface area (Å²) < 4.78 is 26.2. The number of hydrogen-bond acceptors (Lipinski definition) is 20. The molecule has 2 aromatic carbocycles. The number of anilines is 1. The summed E-state index contributed by atoms with van der Waals surface area (Å²) in [6, 6.07) is 6.06. The van der Waals surface area contributed by atoms with E-state index in [0.29, 0.717) is 27.7 Å². The summed E-state index contributed by atoms with van der Waals surface area (Å²) in [7, 11) is -3.99. The van der Waals surface area contributed by atoms with Gasteiger partial charge in [-0.1, -0.05) is 11.2 Å². The van der Waals surface area contributed by atoms with Gasteiger partial charge in [-0.05, 0) is 48.4 Å². The number of β-lactam (4-membered cyclic amide) rings is 1. The van der Waals surface area contributed by atoms with Gasteiger partial charge in [-0.2, -0.15) is 0 Å². The molecule has 0 saturated carbocycles. The van der Waals surface area contributed by atoms with Crippen LogP contribution < -0.4 is 16.6 Å². The summed E-state index contributed by atoms with van der Waals surface area (Å²) in [5.41, 5.74) is 9.70. The smallest absolute Gasteiger partial charge is 0.352 e. The number of nitrogen functional groups attached to an aromatic ring is 1. The number of allylic oxidation sites excluding steroid dienone is 1. The number of nitrogens with one attached hydrogen (secondary N) is 2. The number of hydrazine groups is 2. The Hall–Kier alpha value is -5.95. The molecule has 1 saturated heterocycles. The fourth-order valence-electron chi connectivity index (χ4n) is 5.83. The number of carbonyl (C=O) groups excluding carboxylic acids is 2. The quantitative estimate of drug-likeness (QED) is 0.0523. The molecule has 0 aliphatic carbocycles. The summed E-state index contributed by atoms with van der Waals surface area (Å²) in [5.74, 6) is -4.47. The first-order valence-corrected chi connectivity index (χ1v) is 21.0. The van der Waals surface area contributed by atoms with Gasteiger partial charge in [0.05, 0.1) is 16.1 Å². The number of sulfone groups is 1. The monoisotopic (exact) mass is 857 g/mol. The standard InChI is InChI=1S/C33H31N9O11S4/c1-15-6-25(42-24(35-15)9-40(39-42)14-57(51,52)18-3-5-21(44)23(46)8-18)54-11-17-12-55-31-27(30(48)41(31)28(17)32(49)50)37-29(47)26(19-13-56-33(34)36-19)38-53-10-16-2-4-20(43)22(45)7-16/h2-9,13,27,31,39,43-46H,10-12,14H2,1H3,(H2,34,36)(H,37,47)(H,49,50)/t27-,31-/m1/s1. The molecule has 57 heavy (non-hydrogen) atoms. The number of thioether (sulfide) groups is 2. The van der Waals surface area contributed by atoms with Crippen molar-refractivity contribution in [3.8, 4) is 23.0 Å². The second kappa shape index (κ2) is 15.5. The summed E-state index contributed by atoms with van der Waals surface area (Å²) in [6.45, 7) is 1.54. The van der Waals surface area contributed by atoms with Gasteiger partial charge in [-0.3, -0.25) is 19.5 Å². The van der Waals surface area contributed by atoms with Gasteiger partial charge in [0.2, 0.25) is 0 Å². The van der Waals surface area contributed by atoms with Crippen molar-refractivity contribution in [2.24, 2.45) is 10.1 Å². The number of phenols is 4. The molecule has 2 atom stereocenters. The SMILES string of the molecule is CC1=NC2=CN(CS(=O)(=O)c3ccc(O)c(O)c3)NN2C(SCC2=C(C(=O)O)N3C(=O)[C@@H](NC(=O)C(=NOCc4ccc(O)c(O)c4)c4csc(N)n4)[C@H]3SC2)=C1. The van der Waals surface area contributed by atoms with Crippen LogP contribution in [-0.2, 0) is 35.7 Å². The average Bonchev–Trinajstić information content (AvgIpc) is 3.77. The molecule has 1 aromatic heterocycles. The first kappa shape index (κ1) is 39.3. The van der Waals surface area contributed by atoms with Crippen LogP contribution in [0.25, 0.3) is 0 Å². The number of hydrogen-bond donors (Lipinski definition) is 8. The number of thiazole rings is 1. The molecular weight excluding hydrogens is 827 g/mol. The molecule has 5 heterocycles. The van der Waals surface area contributed by atoms with Gasteiger partial charge in [0.25, 0.3) is 11.8 Å². The Kier molecular flexibility index (Phi) is 10.7. The fourth-order valence-corrected chi connectivity index (χ4v) is 10.1. The molecule has 0 spiro atoms. The second-order valence-corrected chi connectivity index (χ2v) is 17.5. The molecule has 0 bridgehead atoms. The first-order chi connectivity index (χ1) is 27.1. The number of fused-ring (bicyclic) bond motifs is 2. The summed E-state index contributed by atoms with van der Waals surface area (Å²) >= 11 is 3.52. The Balaban J connectivity index is 1.02. The molecule has 4 aliphatic rings. The largest absolute Gasteiger partial charge is 0.504 e. The molecule has 4 aliphatic heterocycles. The van der Waals surface area contributed by atoms with Crippen LogP contribution >= 0.6 is 34.9 Å². The Morgan fingerprint density at radius 2 is 1.86 bits per heavy atom. The van der Waals surface area contributed by atoms with Crippen LogP contribution in [0.2, 0.25) is 0 Å². The molecule has 1 fully saturated rings. The number of carbonyl (C=O) groups is 3. The number of rotatable bonds is 13. The van der Waals surface area contributed by atoms with Gasteiger partial charge >= 0.3 is 5.97 Å². The number of nitrogens with zero attached hydrogens (tertiary/aromatic N) is 6. The molecule has 0 radical (unpaired) electrons. The van der Waals surface area contributed by atoms with Gasteiger partial charge in [0.15, 0.2) is 49.5 Å². The van der Waals surface area contributed by atoms with Crippen LogP contribution in [0.4, 0.5) is 5.13 Å². The van der Waals surface area contributed by atoms with E-state index in [1.165, 1.54) is 69.4 Å². The lowest BCUT2D eigenvalue weighted by atomic mass is 10.0. The van der Waals surface area contributed by atoms with E-state index < -0.39 is 56.4 Å². The summed E-state index contributed by atoms with van der Waals surface area (Å²) in [4.78, 5) is 54.5. The van der Waals surface area contributed by atoms with Crippen molar-refractivity contribution in [2.45, 2.75) is 29.8 Å². The van der Waals surface area contributed by atoms with E-state index in [2.05, 4.69) is 26.0 Å². The third kappa shape index (κ3) is 8.02. The predicted molar refractivity (Wildman–Crippen MR) is 208 cm³/mol. The number of benzene rings is 2. The van der Waals surface area contributed by atoms with Crippen molar-refractivity contribution in [3.63, 3.8) is 0 Å². The van der Waals surface area contributed by atoms with E-state index in [0.717, 1.165) is 28.4 Å². The number of aromatic hydroxyl groups is 4. The molecule has 24 heteroatoms. The van der Waals surface area contributed by atoms with Crippen molar-refractivity contribution in [3.05, 3.63) is 87.4 Å². The van der Waals surface area contributed by atoms with E-state index in [-0.39, 0.29) is 56.7 Å². The van der Waals surface area contributed by atoms with Crippen LogP contribution in [0, 0.1) is 0 Å². The maximum absolute atomic E-state index is 13.5. The molecule has 20 nitrogen and oxygen atoms in total. The van der Waals surface area contributed by atoms with E-state index in [1.54, 1.807) is 13.0 Å². The number of aliphatic imine (C=N–C) groups is 1. The number of carboxylic acids is 1. The van der Waals surface area contributed by atoms with Crippen molar-refractivity contribution >= 4 is 79.0 Å². The predicted octanol–water partition coefficient (Wildman–Crippen LogP) is 1.52. The number of phenolic OH excluding ortho intramolecular Hbond substituents is 4. The first-order valence-electron chi connectivity index (χ1n) is 16.4. The Labute approximate surface area is 335 Å². The molecule has 9 N–H and O–H groups in total. The lowest BCUT2D eigenvalue weighted by Gasteiger charge is -2.49. The molecule has 3 aromatic rings. The maximum Gasteiger partial charge on any atom is 0.352 e. The zero-order valence-corrected chi connectivity index (χ0v) is 32.5. The molecule has 7 rings (SSSR count). The minimum atomic E-state index is -3.99. The maximum atomic E-state index is 13.5. The topological polar surface area (TPSA) is 293 Å². The third-order valence-electron chi connectivity index (χ3n) is 8.52. The second-order valence-electron chi connectivity index (χ2n) is 12.5. The molecule has 0 unspecified atom stereocenters. The Morgan fingerprint density at radius 3 is 2.54 bits per heavy atom. The number of oxime groups is 1. The van der Waals surface area contributed by atoms with Crippen molar-refractivity contribution in [1.82, 2.24) is 30.8 Å². The number of aromatic nitrogens is 1. The number of carboxylic acid groups (broad SMARTS) is 1. The lowest BCUT2D eigenvalue weighted by molar-refractivity contribution is -0.150. The highest BCUT2D eigenvalue weighted by Gasteiger charge is 2.54. The van der Waals surface area contributed by atoms with Crippen LogP contribution in [0.3, 0.4) is 0 Å². The van der Waals surface area contributed by atoms with Gasteiger partial charge in [0, 0.05) is 28.7 Å². The van der Waals surface area contributed by atoms with Crippen molar-refractivity contribution in [2.75, 3.05) is 23.1 Å². The van der Waals surface area contributed by atoms with Crippen molar-refractivity contribution < 1.29 is 53.2 Å². The van der Waals surface area contributed by atoms with Gasteiger partial charge in [0.1, 0.15) is 35.3 Å². The summed E-state index contributed by atoms with van der Waals surface area (Å²) in [6.07, 6.45) is 3.19. The third-order valence-corrected chi connectivity index (χ3v) is 13.2.